The van der Waals surface area contributed by atoms with E-state index in [0.717, 1.165) is 12.0 Å². The predicted octanol–water partition coefficient (Wildman–Crippen LogP) is 3.37. The molecule has 4 heterocycles. The van der Waals surface area contributed by atoms with Crippen LogP contribution in [-0.2, 0) is 11.3 Å². The summed E-state index contributed by atoms with van der Waals surface area (Å²) in [6.45, 7) is 5.57. The molecule has 1 fully saturated rings. The number of benzene rings is 1. The normalized spacial score (nSPS) is 18.7. The van der Waals surface area contributed by atoms with Crippen LogP contribution < -0.4 is 5.69 Å². The summed E-state index contributed by atoms with van der Waals surface area (Å²) in [6, 6.07) is 10.5. The topological polar surface area (TPSA) is 98.5 Å². The highest BCUT2D eigenvalue weighted by Gasteiger charge is 2.26. The number of hydrogen-bond acceptors (Lipinski definition) is 6. The Kier molecular flexibility index (Phi) is 5.49. The van der Waals surface area contributed by atoms with E-state index >= 15 is 0 Å². The van der Waals surface area contributed by atoms with Gasteiger partial charge in [0.25, 0.3) is 5.89 Å². The Bertz CT molecular complexity index is 1360. The van der Waals surface area contributed by atoms with Gasteiger partial charge in [0.2, 0.25) is 11.7 Å². The van der Waals surface area contributed by atoms with Crippen LogP contribution in [0.1, 0.15) is 20.3 Å². The van der Waals surface area contributed by atoms with Crippen molar-refractivity contribution in [1.82, 2.24) is 29.2 Å². The van der Waals surface area contributed by atoms with Gasteiger partial charge in [-0.05, 0) is 54.7 Å². The van der Waals surface area contributed by atoms with Gasteiger partial charge in [-0.25, -0.2) is 13.9 Å². The Hall–Kier alpha value is -3.46. The third-order valence-electron chi connectivity index (χ3n) is 5.87. The highest BCUT2D eigenvalue weighted by Crippen LogP contribution is 2.25. The Morgan fingerprint density at radius 2 is 1.88 bits per heavy atom. The zero-order valence-electron chi connectivity index (χ0n) is 18.3. The maximum absolute atomic E-state index is 12.9. The fraction of sp³-hybridized carbons (Fsp3) is 0.348. The monoisotopic (exact) mass is 466 g/mol. The average molecular weight is 467 g/mol. The van der Waals surface area contributed by atoms with Crippen molar-refractivity contribution in [3.8, 4) is 22.8 Å². The largest absolute Gasteiger partial charge is 0.350 e. The van der Waals surface area contributed by atoms with Crippen LogP contribution in [0.3, 0.4) is 0 Å². The van der Waals surface area contributed by atoms with E-state index in [2.05, 4.69) is 29.1 Å². The molecule has 0 unspecified atom stereocenters. The van der Waals surface area contributed by atoms with Crippen LogP contribution in [-0.4, -0.2) is 48.2 Å². The molecule has 1 amide bonds. The van der Waals surface area contributed by atoms with Gasteiger partial charge in [0.15, 0.2) is 5.65 Å². The Morgan fingerprint density at radius 1 is 1.15 bits per heavy atom. The van der Waals surface area contributed by atoms with Crippen molar-refractivity contribution in [2.75, 3.05) is 13.1 Å². The first-order valence-corrected chi connectivity index (χ1v) is 11.2. The van der Waals surface area contributed by atoms with Crippen molar-refractivity contribution in [3.05, 3.63) is 58.1 Å². The molecule has 4 aromatic rings. The minimum atomic E-state index is -0.393. The summed E-state index contributed by atoms with van der Waals surface area (Å²) < 4.78 is 8.04. The quantitative estimate of drug-likeness (QED) is 0.457. The Morgan fingerprint density at radius 3 is 2.61 bits per heavy atom. The third kappa shape index (κ3) is 4.16. The minimum Gasteiger partial charge on any atom is -0.341 e. The van der Waals surface area contributed by atoms with E-state index in [9.17, 15) is 9.59 Å². The number of carbonyl (C=O) groups is 1. The lowest BCUT2D eigenvalue weighted by Crippen LogP contribution is -2.45. The molecular formula is C23H23ClN6O3. The predicted molar refractivity (Wildman–Crippen MR) is 123 cm³/mol. The first-order chi connectivity index (χ1) is 15.9. The van der Waals surface area contributed by atoms with Crippen molar-refractivity contribution in [1.29, 1.82) is 0 Å². The van der Waals surface area contributed by atoms with Crippen LogP contribution in [0.15, 0.2) is 51.9 Å². The van der Waals surface area contributed by atoms with E-state index in [0.29, 0.717) is 47.0 Å². The molecule has 0 saturated carbocycles. The number of rotatable bonds is 4. The molecule has 1 aliphatic rings. The highest BCUT2D eigenvalue weighted by molar-refractivity contribution is 6.30. The zero-order valence-corrected chi connectivity index (χ0v) is 19.1. The third-order valence-corrected chi connectivity index (χ3v) is 6.13. The molecule has 33 heavy (non-hydrogen) atoms. The number of aromatic nitrogens is 5. The average Bonchev–Trinajstić information content (AvgIpc) is 3.39. The summed E-state index contributed by atoms with van der Waals surface area (Å²) in [7, 11) is 0. The molecule has 3 aromatic heterocycles. The number of fused-ring (bicyclic) bond motifs is 1. The molecule has 5 rings (SSSR count). The van der Waals surface area contributed by atoms with Crippen LogP contribution >= 0.6 is 11.6 Å². The molecule has 1 aliphatic heterocycles. The van der Waals surface area contributed by atoms with Crippen LogP contribution in [0, 0.1) is 11.8 Å². The Labute approximate surface area is 194 Å². The van der Waals surface area contributed by atoms with Gasteiger partial charge in [-0.15, -0.1) is 5.10 Å². The second-order valence-electron chi connectivity index (χ2n) is 8.73. The van der Waals surface area contributed by atoms with Gasteiger partial charge < -0.3 is 9.42 Å². The summed E-state index contributed by atoms with van der Waals surface area (Å²) in [5.74, 6) is 1.40. The molecule has 0 radical (unpaired) electrons. The lowest BCUT2D eigenvalue weighted by Gasteiger charge is -2.34. The van der Waals surface area contributed by atoms with E-state index < -0.39 is 5.69 Å². The number of piperidine rings is 1. The number of hydrogen-bond donors (Lipinski definition) is 0. The molecule has 0 aliphatic carbocycles. The second kappa shape index (κ2) is 8.47. The fourth-order valence-electron chi connectivity index (χ4n) is 4.45. The van der Waals surface area contributed by atoms with E-state index in [-0.39, 0.29) is 18.3 Å². The number of halogens is 1. The molecule has 2 atom stereocenters. The highest BCUT2D eigenvalue weighted by atomic mass is 35.5. The van der Waals surface area contributed by atoms with Crippen molar-refractivity contribution in [2.45, 2.75) is 26.8 Å². The molecule has 170 valence electrons. The first kappa shape index (κ1) is 21.4. The number of pyridine rings is 1. The van der Waals surface area contributed by atoms with Crippen LogP contribution in [0.4, 0.5) is 0 Å². The number of nitrogens with zero attached hydrogens (tertiary/aromatic N) is 6. The van der Waals surface area contributed by atoms with Crippen LogP contribution in [0.5, 0.6) is 0 Å². The molecule has 10 heteroatoms. The van der Waals surface area contributed by atoms with Crippen molar-refractivity contribution >= 4 is 23.2 Å². The standard InChI is InChI=1S/C23H23ClN6O3/c1-14-10-15(2)12-28(11-14)19(31)13-30-23(32)29-9-3-4-18(21(29)26-30)22-25-20(27-33-22)16-5-7-17(24)8-6-16/h3-9,14-15H,10-13H2,1-2H3/t14-,15+. The lowest BCUT2D eigenvalue weighted by atomic mass is 9.92. The molecule has 1 saturated heterocycles. The second-order valence-corrected chi connectivity index (χ2v) is 9.17. The lowest BCUT2D eigenvalue weighted by molar-refractivity contribution is -0.134. The summed E-state index contributed by atoms with van der Waals surface area (Å²) in [5.41, 5.74) is 1.21. The molecule has 0 bridgehead atoms. The van der Waals surface area contributed by atoms with Gasteiger partial charge in [-0.2, -0.15) is 4.98 Å². The summed E-state index contributed by atoms with van der Waals surface area (Å²) in [6.07, 6.45) is 2.71. The van der Waals surface area contributed by atoms with Crippen molar-refractivity contribution < 1.29 is 9.32 Å². The SMILES string of the molecule is C[C@@H]1C[C@H](C)CN(C(=O)Cn2nc3c(-c4nc(-c5ccc(Cl)cc5)no4)cccn3c2=O)C1. The molecule has 0 spiro atoms. The number of carbonyl (C=O) groups excluding carboxylic acids is 1. The number of likely N-dealkylation sites (tertiary alicyclic amines) is 1. The summed E-state index contributed by atoms with van der Waals surface area (Å²) in [4.78, 5) is 32.1. The maximum Gasteiger partial charge on any atom is 0.350 e. The number of amides is 1. The van der Waals surface area contributed by atoms with E-state index in [1.54, 1.807) is 42.6 Å². The van der Waals surface area contributed by atoms with E-state index in [1.807, 2.05) is 4.90 Å². The van der Waals surface area contributed by atoms with Gasteiger partial charge in [-0.3, -0.25) is 4.79 Å². The summed E-state index contributed by atoms with van der Waals surface area (Å²) in [5, 5.41) is 9.08. The summed E-state index contributed by atoms with van der Waals surface area (Å²) >= 11 is 5.95. The van der Waals surface area contributed by atoms with E-state index in [4.69, 9.17) is 16.1 Å². The molecule has 0 N–H and O–H groups in total. The zero-order chi connectivity index (χ0) is 23.1. The molecular weight excluding hydrogens is 444 g/mol. The van der Waals surface area contributed by atoms with Crippen LogP contribution in [0.2, 0.25) is 5.02 Å². The Balaban J connectivity index is 1.45. The first-order valence-electron chi connectivity index (χ1n) is 10.8. The molecule has 9 nitrogen and oxygen atoms in total. The van der Waals surface area contributed by atoms with Gasteiger partial charge in [0, 0.05) is 29.9 Å². The van der Waals surface area contributed by atoms with Crippen molar-refractivity contribution in [2.24, 2.45) is 11.8 Å². The van der Waals surface area contributed by atoms with Gasteiger partial charge in [0.1, 0.15) is 6.54 Å². The minimum absolute atomic E-state index is 0.108. The van der Waals surface area contributed by atoms with Gasteiger partial charge >= 0.3 is 5.69 Å². The van der Waals surface area contributed by atoms with Gasteiger partial charge in [0.05, 0.1) is 5.56 Å². The van der Waals surface area contributed by atoms with Gasteiger partial charge in [-0.1, -0.05) is 30.6 Å². The fourth-order valence-corrected chi connectivity index (χ4v) is 4.58. The maximum atomic E-state index is 12.9. The van der Waals surface area contributed by atoms with Crippen molar-refractivity contribution in [3.63, 3.8) is 0 Å². The van der Waals surface area contributed by atoms with E-state index in [1.165, 1.54) is 9.08 Å². The van der Waals surface area contributed by atoms with Crippen LogP contribution in [0.25, 0.3) is 28.5 Å². The smallest absolute Gasteiger partial charge is 0.341 e. The molecule has 1 aromatic carbocycles.